The number of hydrogen-bond acceptors (Lipinski definition) is 12. The van der Waals surface area contributed by atoms with Crippen molar-refractivity contribution in [2.75, 3.05) is 13.2 Å². The first-order valence-electron chi connectivity index (χ1n) is 13.0. The molecule has 8 N–H and O–H groups in total. The molecule has 0 amide bonds. The van der Waals surface area contributed by atoms with Crippen LogP contribution < -0.4 is 0 Å². The van der Waals surface area contributed by atoms with Crippen LogP contribution in [-0.4, -0.2) is 121 Å². The Balaban J connectivity index is 1.92. The number of unbranched alkanes of at least 4 members (excludes halogenated alkanes) is 8. The Kier molecular flexibility index (Phi) is 13.1. The average Bonchev–Trinajstić information content (AvgIpc) is 2.87. The lowest BCUT2D eigenvalue weighted by molar-refractivity contribution is -0.372. The van der Waals surface area contributed by atoms with Crippen LogP contribution in [0, 0.1) is 0 Å². The molecule has 0 bridgehead atoms. The van der Waals surface area contributed by atoms with Gasteiger partial charge in [-0.2, -0.15) is 0 Å². The minimum absolute atomic E-state index is 0.105. The van der Waals surface area contributed by atoms with E-state index in [4.69, 9.17) is 14.2 Å². The van der Waals surface area contributed by atoms with E-state index in [1.165, 1.54) is 25.7 Å². The smallest absolute Gasteiger partial charge is 0.256 e. The second-order valence-corrected chi connectivity index (χ2v) is 9.77. The van der Waals surface area contributed by atoms with Crippen molar-refractivity contribution in [2.24, 2.45) is 0 Å². The Labute approximate surface area is 211 Å². The minimum atomic E-state index is -2.78. The number of ketones is 1. The quantitative estimate of drug-likeness (QED) is 0.115. The Morgan fingerprint density at radius 1 is 0.778 bits per heavy atom. The van der Waals surface area contributed by atoms with Gasteiger partial charge in [-0.05, 0) is 6.42 Å². The Hall–Kier alpha value is -0.770. The third kappa shape index (κ3) is 7.64. The van der Waals surface area contributed by atoms with Crippen molar-refractivity contribution < 1.29 is 59.9 Å². The zero-order chi connectivity index (χ0) is 26.9. The van der Waals surface area contributed by atoms with E-state index in [0.717, 1.165) is 25.7 Å². The molecule has 0 aromatic carbocycles. The second-order valence-electron chi connectivity index (χ2n) is 9.77. The highest BCUT2D eigenvalue weighted by Crippen LogP contribution is 2.34. The van der Waals surface area contributed by atoms with Crippen LogP contribution in [0.5, 0.6) is 0 Å². The number of carbonyl (C=O) groups excluding carboxylic acids is 1. The van der Waals surface area contributed by atoms with E-state index in [1.54, 1.807) is 0 Å². The van der Waals surface area contributed by atoms with Gasteiger partial charge in [0.25, 0.3) is 5.79 Å². The molecule has 0 aliphatic carbocycles. The van der Waals surface area contributed by atoms with Gasteiger partial charge in [0, 0.05) is 6.42 Å². The summed E-state index contributed by atoms with van der Waals surface area (Å²) in [5, 5.41) is 81.1. The third-order valence-corrected chi connectivity index (χ3v) is 6.99. The molecule has 0 radical (unpaired) electrons. The summed E-state index contributed by atoms with van der Waals surface area (Å²) in [6.45, 7) is 0.611. The van der Waals surface area contributed by atoms with Crippen molar-refractivity contribution in [3.05, 3.63) is 0 Å². The molecule has 2 aliphatic rings. The van der Waals surface area contributed by atoms with Crippen molar-refractivity contribution in [1.82, 2.24) is 0 Å². The lowest BCUT2D eigenvalue weighted by Crippen LogP contribution is -2.70. The molecular weight excluding hydrogens is 480 g/mol. The number of hydrogen-bond donors (Lipinski definition) is 8. The maximum Gasteiger partial charge on any atom is 0.256 e. The normalized spacial score (nSPS) is 39.3. The molecule has 2 fully saturated rings. The van der Waals surface area contributed by atoms with E-state index in [9.17, 15) is 45.6 Å². The van der Waals surface area contributed by atoms with Gasteiger partial charge in [-0.15, -0.1) is 0 Å². The standard InChI is InChI=1S/C24H44O12/c1-2-3-4-5-6-7-8-9-10-11-16(27)24(33)22(32)20(31)21(15(13-26)36-24)35-23-19(30)18(29)17(28)14(12-25)34-23/h14-15,17-23,25-26,28-33H,2-13H2,1H3/t14-,15-,17+,18+,19-,20+,21-,22-,23+,24?/m1/s1. The number of rotatable bonds is 15. The summed E-state index contributed by atoms with van der Waals surface area (Å²) < 4.78 is 16.0. The van der Waals surface area contributed by atoms with Crippen LogP contribution in [0.4, 0.5) is 0 Å². The van der Waals surface area contributed by atoms with E-state index < -0.39 is 79.9 Å². The van der Waals surface area contributed by atoms with Crippen LogP contribution in [-0.2, 0) is 19.0 Å². The fraction of sp³-hybridized carbons (Fsp3) is 0.958. The molecule has 0 saturated carbocycles. The Morgan fingerprint density at radius 2 is 1.33 bits per heavy atom. The lowest BCUT2D eigenvalue weighted by atomic mass is 9.88. The highest BCUT2D eigenvalue weighted by atomic mass is 16.7. The molecule has 2 aliphatic heterocycles. The summed E-state index contributed by atoms with van der Waals surface area (Å²) in [6.07, 6.45) is -6.35. The zero-order valence-corrected chi connectivity index (χ0v) is 20.9. The number of ether oxygens (including phenoxy) is 3. The molecule has 36 heavy (non-hydrogen) atoms. The molecule has 212 valence electrons. The van der Waals surface area contributed by atoms with Crippen molar-refractivity contribution in [3.8, 4) is 0 Å². The van der Waals surface area contributed by atoms with Crippen LogP contribution in [0.2, 0.25) is 0 Å². The molecular formula is C24H44O12. The highest BCUT2D eigenvalue weighted by molar-refractivity contribution is 5.86. The van der Waals surface area contributed by atoms with Gasteiger partial charge < -0.3 is 55.1 Å². The third-order valence-electron chi connectivity index (χ3n) is 6.99. The minimum Gasteiger partial charge on any atom is -0.394 e. The predicted octanol–water partition coefficient (Wildman–Crippen LogP) is -1.54. The van der Waals surface area contributed by atoms with Crippen molar-refractivity contribution in [3.63, 3.8) is 0 Å². The molecule has 12 heteroatoms. The topological polar surface area (TPSA) is 207 Å². The molecule has 1 unspecified atom stereocenters. The van der Waals surface area contributed by atoms with Crippen molar-refractivity contribution in [2.45, 2.75) is 132 Å². The van der Waals surface area contributed by atoms with Crippen LogP contribution in [0.15, 0.2) is 0 Å². The molecule has 2 rings (SSSR count). The Morgan fingerprint density at radius 3 is 1.89 bits per heavy atom. The fourth-order valence-electron chi connectivity index (χ4n) is 4.65. The summed E-state index contributed by atoms with van der Waals surface area (Å²) in [5.74, 6) is -3.62. The largest absolute Gasteiger partial charge is 0.394 e. The maximum atomic E-state index is 12.7. The molecule has 0 aromatic rings. The zero-order valence-electron chi connectivity index (χ0n) is 20.9. The van der Waals surface area contributed by atoms with Gasteiger partial charge in [-0.25, -0.2) is 0 Å². The van der Waals surface area contributed by atoms with Gasteiger partial charge >= 0.3 is 0 Å². The summed E-state index contributed by atoms with van der Waals surface area (Å²) in [7, 11) is 0. The average molecular weight is 525 g/mol. The lowest BCUT2D eigenvalue weighted by Gasteiger charge is -2.48. The van der Waals surface area contributed by atoms with Crippen LogP contribution >= 0.6 is 0 Å². The van der Waals surface area contributed by atoms with E-state index in [0.29, 0.717) is 6.42 Å². The van der Waals surface area contributed by atoms with E-state index in [-0.39, 0.29) is 6.42 Å². The highest BCUT2D eigenvalue weighted by Gasteiger charge is 2.58. The summed E-state index contributed by atoms with van der Waals surface area (Å²) in [5.41, 5.74) is 0. The molecule has 2 saturated heterocycles. The number of aliphatic hydroxyl groups excluding tert-OH is 7. The Bertz CT molecular complexity index is 647. The molecule has 0 spiro atoms. The molecule has 2 heterocycles. The van der Waals surface area contributed by atoms with Gasteiger partial charge in [-0.1, -0.05) is 58.3 Å². The van der Waals surface area contributed by atoms with E-state index in [1.807, 2.05) is 0 Å². The van der Waals surface area contributed by atoms with Gasteiger partial charge in [0.2, 0.25) is 0 Å². The summed E-state index contributed by atoms with van der Waals surface area (Å²) >= 11 is 0. The molecule has 12 nitrogen and oxygen atoms in total. The number of Topliss-reactive ketones (excluding diaryl/α,β-unsaturated/α-hetero) is 1. The van der Waals surface area contributed by atoms with Crippen LogP contribution in [0.3, 0.4) is 0 Å². The second kappa shape index (κ2) is 15.0. The SMILES string of the molecule is CCCCCCCCCCCC(=O)C1(O)O[C@H](CO)[C@@H](O[C@@H]2O[C@H](CO)[C@H](O)[C@H](O)[C@H]2O)[C@H](O)[C@H]1O. The maximum absolute atomic E-state index is 12.7. The summed E-state index contributed by atoms with van der Waals surface area (Å²) in [4.78, 5) is 12.7. The first kappa shape index (κ1) is 31.4. The van der Waals surface area contributed by atoms with Gasteiger partial charge in [-0.3, -0.25) is 4.79 Å². The van der Waals surface area contributed by atoms with Gasteiger partial charge in [0.1, 0.15) is 48.8 Å². The van der Waals surface area contributed by atoms with Gasteiger partial charge in [0.05, 0.1) is 13.2 Å². The van der Waals surface area contributed by atoms with Crippen LogP contribution in [0.25, 0.3) is 0 Å². The van der Waals surface area contributed by atoms with Crippen molar-refractivity contribution in [1.29, 1.82) is 0 Å². The number of carbonyl (C=O) groups is 1. The fourth-order valence-corrected chi connectivity index (χ4v) is 4.65. The number of aliphatic hydroxyl groups is 8. The van der Waals surface area contributed by atoms with E-state index in [2.05, 4.69) is 6.92 Å². The molecule has 0 aromatic heterocycles. The van der Waals surface area contributed by atoms with Crippen LogP contribution in [0.1, 0.15) is 71.1 Å². The molecule has 10 atom stereocenters. The first-order chi connectivity index (χ1) is 17.1. The van der Waals surface area contributed by atoms with E-state index >= 15 is 0 Å². The first-order valence-corrected chi connectivity index (χ1v) is 13.0. The van der Waals surface area contributed by atoms with Crippen molar-refractivity contribution >= 4 is 5.78 Å². The summed E-state index contributed by atoms with van der Waals surface area (Å²) in [6, 6.07) is 0. The monoisotopic (exact) mass is 524 g/mol. The van der Waals surface area contributed by atoms with Gasteiger partial charge in [0.15, 0.2) is 12.1 Å². The predicted molar refractivity (Wildman–Crippen MR) is 124 cm³/mol.